The summed E-state index contributed by atoms with van der Waals surface area (Å²) in [6, 6.07) is 13.6. The zero-order valence-electron chi connectivity index (χ0n) is 11.0. The van der Waals surface area contributed by atoms with Crippen LogP contribution in [0.25, 0.3) is 11.1 Å². The third-order valence-electron chi connectivity index (χ3n) is 2.76. The Bertz CT molecular complexity index is 527. The van der Waals surface area contributed by atoms with Crippen LogP contribution in [0.1, 0.15) is 19.4 Å². The van der Waals surface area contributed by atoms with Crippen molar-refractivity contribution in [3.05, 3.63) is 48.0 Å². The van der Waals surface area contributed by atoms with Crippen LogP contribution in [0.4, 0.5) is 0 Å². The quantitative estimate of drug-likeness (QED) is 0.876. The number of aryl methyl sites for hydroxylation is 1. The summed E-state index contributed by atoms with van der Waals surface area (Å²) in [5, 5.41) is 9.51. The Morgan fingerprint density at radius 3 is 2.11 bits per heavy atom. The Kier molecular flexibility index (Phi) is 3.56. The van der Waals surface area contributed by atoms with Crippen LogP contribution in [-0.2, 0) is 0 Å². The number of rotatable bonds is 3. The Morgan fingerprint density at radius 2 is 1.56 bits per heavy atom. The largest absolute Gasteiger partial charge is 0.508 e. The molecule has 0 aliphatic heterocycles. The summed E-state index contributed by atoms with van der Waals surface area (Å²) in [5.41, 5.74) is 3.10. The number of aromatic hydroxyl groups is 1. The summed E-state index contributed by atoms with van der Waals surface area (Å²) in [6.07, 6.45) is 0.187. The van der Waals surface area contributed by atoms with E-state index >= 15 is 0 Å². The monoisotopic (exact) mass is 242 g/mol. The second-order valence-corrected chi connectivity index (χ2v) is 4.69. The van der Waals surface area contributed by atoms with E-state index in [9.17, 15) is 5.11 Å². The molecule has 0 amide bonds. The van der Waals surface area contributed by atoms with Gasteiger partial charge in [0.15, 0.2) is 0 Å². The van der Waals surface area contributed by atoms with Gasteiger partial charge in [0.05, 0.1) is 6.10 Å². The summed E-state index contributed by atoms with van der Waals surface area (Å²) < 4.78 is 5.61. The second-order valence-electron chi connectivity index (χ2n) is 4.69. The van der Waals surface area contributed by atoms with E-state index in [4.69, 9.17) is 4.74 Å². The fraction of sp³-hybridized carbons (Fsp3) is 0.250. The highest BCUT2D eigenvalue weighted by Crippen LogP contribution is 2.27. The van der Waals surface area contributed by atoms with E-state index in [-0.39, 0.29) is 6.10 Å². The van der Waals surface area contributed by atoms with Crippen LogP contribution in [0.5, 0.6) is 11.5 Å². The minimum atomic E-state index is 0.187. The molecule has 0 aliphatic rings. The molecule has 0 heterocycles. The molecule has 0 spiro atoms. The van der Waals surface area contributed by atoms with Crippen LogP contribution < -0.4 is 4.74 Å². The highest BCUT2D eigenvalue weighted by Gasteiger charge is 2.02. The van der Waals surface area contributed by atoms with E-state index in [1.807, 2.05) is 57.2 Å². The molecule has 94 valence electrons. The van der Waals surface area contributed by atoms with Crippen LogP contribution in [0.2, 0.25) is 0 Å². The maximum Gasteiger partial charge on any atom is 0.119 e. The van der Waals surface area contributed by atoms with Gasteiger partial charge in [-0.3, -0.25) is 0 Å². The number of hydrogen-bond acceptors (Lipinski definition) is 2. The molecule has 1 N–H and O–H groups in total. The lowest BCUT2D eigenvalue weighted by molar-refractivity contribution is 0.242. The molecule has 2 aromatic carbocycles. The average molecular weight is 242 g/mol. The molecule has 0 aromatic heterocycles. The van der Waals surface area contributed by atoms with Crippen LogP contribution >= 0.6 is 0 Å². The number of hydrogen-bond donors (Lipinski definition) is 1. The third-order valence-corrected chi connectivity index (χ3v) is 2.76. The molecule has 0 radical (unpaired) electrons. The fourth-order valence-corrected chi connectivity index (χ4v) is 1.83. The maximum absolute atomic E-state index is 9.51. The van der Waals surface area contributed by atoms with Crippen molar-refractivity contribution in [3.8, 4) is 22.6 Å². The SMILES string of the molecule is Cc1cc(-c2ccc(OC(C)C)cc2)ccc1O. The average Bonchev–Trinajstić information content (AvgIpc) is 2.33. The van der Waals surface area contributed by atoms with E-state index in [1.54, 1.807) is 6.07 Å². The van der Waals surface area contributed by atoms with Gasteiger partial charge in [-0.05, 0) is 61.7 Å². The van der Waals surface area contributed by atoms with E-state index in [1.165, 1.54) is 0 Å². The summed E-state index contributed by atoms with van der Waals surface area (Å²) in [7, 11) is 0. The predicted molar refractivity (Wildman–Crippen MR) is 74.0 cm³/mol. The Hall–Kier alpha value is -1.96. The molecule has 18 heavy (non-hydrogen) atoms. The zero-order valence-corrected chi connectivity index (χ0v) is 11.0. The zero-order chi connectivity index (χ0) is 13.1. The van der Waals surface area contributed by atoms with Gasteiger partial charge in [0, 0.05) is 0 Å². The standard InChI is InChI=1S/C16H18O2/c1-11(2)18-15-7-4-13(5-8-15)14-6-9-16(17)12(3)10-14/h4-11,17H,1-3H3. The van der Waals surface area contributed by atoms with E-state index in [2.05, 4.69) is 0 Å². The lowest BCUT2D eigenvalue weighted by atomic mass is 10.0. The molecule has 2 nitrogen and oxygen atoms in total. The van der Waals surface area contributed by atoms with Crippen LogP contribution in [-0.4, -0.2) is 11.2 Å². The predicted octanol–water partition coefficient (Wildman–Crippen LogP) is 4.15. The fourth-order valence-electron chi connectivity index (χ4n) is 1.83. The normalized spacial score (nSPS) is 10.7. The van der Waals surface area contributed by atoms with Crippen molar-refractivity contribution in [3.63, 3.8) is 0 Å². The lowest BCUT2D eigenvalue weighted by Crippen LogP contribution is -2.05. The first-order valence-electron chi connectivity index (χ1n) is 6.13. The van der Waals surface area contributed by atoms with Crippen LogP contribution in [0, 0.1) is 6.92 Å². The topological polar surface area (TPSA) is 29.5 Å². The van der Waals surface area contributed by atoms with Gasteiger partial charge < -0.3 is 9.84 Å². The van der Waals surface area contributed by atoms with Gasteiger partial charge in [0.2, 0.25) is 0 Å². The molecule has 0 atom stereocenters. The molecule has 0 bridgehead atoms. The summed E-state index contributed by atoms with van der Waals surface area (Å²) >= 11 is 0. The molecule has 0 saturated carbocycles. The van der Waals surface area contributed by atoms with Crippen molar-refractivity contribution in [1.29, 1.82) is 0 Å². The van der Waals surface area contributed by atoms with Crippen molar-refractivity contribution >= 4 is 0 Å². The Balaban J connectivity index is 2.25. The molecule has 2 rings (SSSR count). The number of phenols is 1. The number of ether oxygens (including phenoxy) is 1. The van der Waals surface area contributed by atoms with Crippen molar-refractivity contribution in [2.24, 2.45) is 0 Å². The Morgan fingerprint density at radius 1 is 0.944 bits per heavy atom. The van der Waals surface area contributed by atoms with E-state index in [0.717, 1.165) is 22.4 Å². The molecule has 0 unspecified atom stereocenters. The van der Waals surface area contributed by atoms with Gasteiger partial charge in [0.25, 0.3) is 0 Å². The first-order chi connectivity index (χ1) is 8.56. The van der Waals surface area contributed by atoms with Gasteiger partial charge in [-0.25, -0.2) is 0 Å². The first-order valence-corrected chi connectivity index (χ1v) is 6.13. The summed E-state index contributed by atoms with van der Waals surface area (Å²) in [6.45, 7) is 5.92. The van der Waals surface area contributed by atoms with Crippen molar-refractivity contribution in [2.75, 3.05) is 0 Å². The number of phenolic OH excluding ortho intramolecular Hbond substituents is 1. The molecule has 2 aromatic rings. The van der Waals surface area contributed by atoms with Gasteiger partial charge >= 0.3 is 0 Å². The van der Waals surface area contributed by atoms with Gasteiger partial charge in [-0.1, -0.05) is 18.2 Å². The van der Waals surface area contributed by atoms with Gasteiger partial charge in [-0.15, -0.1) is 0 Å². The maximum atomic E-state index is 9.51. The minimum absolute atomic E-state index is 0.187. The van der Waals surface area contributed by atoms with E-state index < -0.39 is 0 Å². The summed E-state index contributed by atoms with van der Waals surface area (Å²) in [4.78, 5) is 0. The highest BCUT2D eigenvalue weighted by molar-refractivity contribution is 5.66. The second kappa shape index (κ2) is 5.13. The van der Waals surface area contributed by atoms with Crippen LogP contribution in [0.15, 0.2) is 42.5 Å². The van der Waals surface area contributed by atoms with E-state index in [0.29, 0.717) is 5.75 Å². The minimum Gasteiger partial charge on any atom is -0.508 e. The highest BCUT2D eigenvalue weighted by atomic mass is 16.5. The molecule has 0 saturated heterocycles. The molecular weight excluding hydrogens is 224 g/mol. The smallest absolute Gasteiger partial charge is 0.119 e. The van der Waals surface area contributed by atoms with Crippen LogP contribution in [0.3, 0.4) is 0 Å². The third kappa shape index (κ3) is 2.83. The molecule has 0 aliphatic carbocycles. The van der Waals surface area contributed by atoms with Crippen molar-refractivity contribution in [1.82, 2.24) is 0 Å². The first kappa shape index (κ1) is 12.5. The van der Waals surface area contributed by atoms with Gasteiger partial charge in [-0.2, -0.15) is 0 Å². The molecule has 2 heteroatoms. The van der Waals surface area contributed by atoms with Gasteiger partial charge in [0.1, 0.15) is 11.5 Å². The summed E-state index contributed by atoms with van der Waals surface area (Å²) in [5.74, 6) is 1.21. The Labute approximate surface area is 108 Å². The number of benzene rings is 2. The molecular formula is C16H18O2. The lowest BCUT2D eigenvalue weighted by Gasteiger charge is -2.10. The molecule has 0 fully saturated rings. The van der Waals surface area contributed by atoms with Crippen molar-refractivity contribution in [2.45, 2.75) is 26.9 Å². The van der Waals surface area contributed by atoms with Crippen molar-refractivity contribution < 1.29 is 9.84 Å².